The Morgan fingerprint density at radius 2 is 1.95 bits per heavy atom. The lowest BCUT2D eigenvalue weighted by Gasteiger charge is -2.10. The highest BCUT2D eigenvalue weighted by atomic mass is 32.2. The molecule has 0 aromatic heterocycles. The zero-order chi connectivity index (χ0) is 15.3. The minimum absolute atomic E-state index is 0.00588. The van der Waals surface area contributed by atoms with E-state index in [1.165, 1.54) is 6.07 Å². The van der Waals surface area contributed by atoms with Gasteiger partial charge in [0.05, 0.1) is 5.56 Å². The number of carbonyl (C=O) groups excluding carboxylic acids is 2. The molecule has 5 nitrogen and oxygen atoms in total. The number of amides is 3. The molecule has 0 aliphatic heterocycles. The number of hydrogen-bond donors (Lipinski definition) is 3. The summed E-state index contributed by atoms with van der Waals surface area (Å²) in [6, 6.07) is 2.05. The van der Waals surface area contributed by atoms with E-state index in [0.29, 0.717) is 4.90 Å². The monoisotopic (exact) mass is 307 g/mol. The third-order valence-corrected chi connectivity index (χ3v) is 3.28. The number of alkyl halides is 3. The first-order valence-corrected chi connectivity index (χ1v) is 6.37. The number of primary amides is 1. The minimum Gasteiger partial charge on any atom is -0.398 e. The first kappa shape index (κ1) is 16.2. The van der Waals surface area contributed by atoms with Crippen molar-refractivity contribution in [2.45, 2.75) is 17.5 Å². The van der Waals surface area contributed by atoms with E-state index in [1.807, 2.05) is 5.32 Å². The summed E-state index contributed by atoms with van der Waals surface area (Å²) in [5.74, 6) is -0.301. The molecular formula is C11H12F3N3O2S. The summed E-state index contributed by atoms with van der Waals surface area (Å²) >= 11 is 1.12. The molecule has 1 aromatic rings. The van der Waals surface area contributed by atoms with Crippen LogP contribution in [0, 0.1) is 0 Å². The summed E-state index contributed by atoms with van der Waals surface area (Å²) < 4.78 is 37.3. The molecule has 0 bridgehead atoms. The fourth-order valence-corrected chi connectivity index (χ4v) is 2.21. The molecule has 0 fully saturated rings. The van der Waals surface area contributed by atoms with Crippen molar-refractivity contribution in [3.63, 3.8) is 0 Å². The number of nitrogen functional groups attached to an aromatic ring is 1. The highest BCUT2D eigenvalue weighted by Crippen LogP contribution is 2.34. The number of imide groups is 1. The van der Waals surface area contributed by atoms with Crippen LogP contribution in [0.4, 0.5) is 23.7 Å². The Labute approximate surface area is 116 Å². The van der Waals surface area contributed by atoms with Gasteiger partial charge in [-0.2, -0.15) is 13.2 Å². The molecule has 5 N–H and O–H groups in total. The van der Waals surface area contributed by atoms with Crippen LogP contribution in [0.3, 0.4) is 0 Å². The Hall–Kier alpha value is -1.90. The van der Waals surface area contributed by atoms with Crippen LogP contribution in [0.1, 0.15) is 12.0 Å². The van der Waals surface area contributed by atoms with Crippen LogP contribution >= 0.6 is 11.8 Å². The zero-order valence-electron chi connectivity index (χ0n) is 10.2. The van der Waals surface area contributed by atoms with Crippen LogP contribution in [0.25, 0.3) is 0 Å². The number of benzene rings is 1. The van der Waals surface area contributed by atoms with Crippen LogP contribution in [-0.4, -0.2) is 17.7 Å². The van der Waals surface area contributed by atoms with E-state index in [9.17, 15) is 22.8 Å². The molecule has 20 heavy (non-hydrogen) atoms. The smallest absolute Gasteiger partial charge is 0.398 e. The molecule has 1 rings (SSSR count). The molecule has 0 spiro atoms. The van der Waals surface area contributed by atoms with Gasteiger partial charge in [0, 0.05) is 22.8 Å². The summed E-state index contributed by atoms with van der Waals surface area (Å²) in [7, 11) is 0. The lowest BCUT2D eigenvalue weighted by atomic mass is 10.2. The van der Waals surface area contributed by atoms with Gasteiger partial charge in [-0.1, -0.05) is 0 Å². The minimum atomic E-state index is -4.45. The predicted octanol–water partition coefficient (Wildman–Crippen LogP) is 1.96. The third-order valence-electron chi connectivity index (χ3n) is 2.19. The highest BCUT2D eigenvalue weighted by molar-refractivity contribution is 7.99. The number of anilines is 1. The first-order valence-electron chi connectivity index (χ1n) is 5.39. The Kier molecular flexibility index (Phi) is 5.26. The maximum absolute atomic E-state index is 12.4. The van der Waals surface area contributed by atoms with Gasteiger partial charge in [-0.3, -0.25) is 10.1 Å². The van der Waals surface area contributed by atoms with Gasteiger partial charge >= 0.3 is 12.2 Å². The second kappa shape index (κ2) is 6.51. The quantitative estimate of drug-likeness (QED) is 0.585. The predicted molar refractivity (Wildman–Crippen MR) is 68.9 cm³/mol. The maximum atomic E-state index is 12.4. The van der Waals surface area contributed by atoms with Crippen molar-refractivity contribution >= 4 is 29.4 Å². The van der Waals surface area contributed by atoms with Crippen molar-refractivity contribution in [2.24, 2.45) is 5.73 Å². The second-order valence-corrected chi connectivity index (χ2v) is 4.90. The molecule has 0 unspecified atom stereocenters. The number of hydrogen-bond acceptors (Lipinski definition) is 4. The van der Waals surface area contributed by atoms with E-state index in [4.69, 9.17) is 11.5 Å². The topological polar surface area (TPSA) is 98.2 Å². The van der Waals surface area contributed by atoms with Crippen LogP contribution in [0.15, 0.2) is 23.1 Å². The van der Waals surface area contributed by atoms with Gasteiger partial charge in [-0.25, -0.2) is 4.79 Å². The van der Waals surface area contributed by atoms with Crippen molar-refractivity contribution in [1.29, 1.82) is 0 Å². The highest BCUT2D eigenvalue weighted by Gasteiger charge is 2.30. The Morgan fingerprint density at radius 1 is 1.30 bits per heavy atom. The summed E-state index contributed by atoms with van der Waals surface area (Å²) in [4.78, 5) is 21.9. The number of rotatable bonds is 4. The van der Waals surface area contributed by atoms with Gasteiger partial charge in [-0.15, -0.1) is 11.8 Å². The molecule has 110 valence electrons. The average molecular weight is 307 g/mol. The lowest BCUT2D eigenvalue weighted by Crippen LogP contribution is -2.35. The molecule has 3 amide bonds. The second-order valence-electron chi connectivity index (χ2n) is 3.76. The van der Waals surface area contributed by atoms with Gasteiger partial charge in [0.25, 0.3) is 0 Å². The number of urea groups is 1. The molecule has 9 heteroatoms. The number of nitrogens with two attached hydrogens (primary N) is 2. The Morgan fingerprint density at radius 3 is 2.45 bits per heavy atom. The molecule has 0 saturated carbocycles. The summed E-state index contributed by atoms with van der Waals surface area (Å²) in [5.41, 5.74) is 9.43. The zero-order valence-corrected chi connectivity index (χ0v) is 11.0. The van der Waals surface area contributed by atoms with Crippen LogP contribution in [0.5, 0.6) is 0 Å². The van der Waals surface area contributed by atoms with Crippen LogP contribution < -0.4 is 16.8 Å². The van der Waals surface area contributed by atoms with E-state index in [0.717, 1.165) is 23.9 Å². The average Bonchev–Trinajstić information content (AvgIpc) is 2.28. The van der Waals surface area contributed by atoms with Crippen molar-refractivity contribution in [3.05, 3.63) is 23.8 Å². The Balaban J connectivity index is 2.57. The third kappa shape index (κ3) is 5.00. The normalized spacial score (nSPS) is 11.2. The van der Waals surface area contributed by atoms with E-state index in [-0.39, 0.29) is 17.9 Å². The van der Waals surface area contributed by atoms with E-state index < -0.39 is 23.7 Å². The van der Waals surface area contributed by atoms with Crippen molar-refractivity contribution in [3.8, 4) is 0 Å². The van der Waals surface area contributed by atoms with Crippen LogP contribution in [0.2, 0.25) is 0 Å². The summed E-state index contributed by atoms with van der Waals surface area (Å²) in [6.07, 6.45) is -4.45. The lowest BCUT2D eigenvalue weighted by molar-refractivity contribution is -0.137. The number of halogens is 3. The van der Waals surface area contributed by atoms with E-state index >= 15 is 0 Å². The summed E-state index contributed by atoms with van der Waals surface area (Å²) in [6.45, 7) is 0. The summed E-state index contributed by atoms with van der Waals surface area (Å²) in [5, 5.41) is 1.88. The van der Waals surface area contributed by atoms with Gasteiger partial charge in [0.15, 0.2) is 0 Å². The standard InChI is InChI=1S/C11H12F3N3O2S/c12-11(13,14)6-1-2-8(7(15)5-6)20-4-3-9(18)17-10(16)19/h1-2,5H,3-4,15H2,(H3,16,17,18,19). The maximum Gasteiger partial charge on any atom is 0.416 e. The SMILES string of the molecule is NC(=O)NC(=O)CCSc1ccc(C(F)(F)F)cc1N. The number of thioether (sulfide) groups is 1. The van der Waals surface area contributed by atoms with Crippen molar-refractivity contribution < 1.29 is 22.8 Å². The molecule has 0 aliphatic rings. The van der Waals surface area contributed by atoms with E-state index in [1.54, 1.807) is 0 Å². The fourth-order valence-electron chi connectivity index (χ4n) is 1.31. The van der Waals surface area contributed by atoms with Gasteiger partial charge < -0.3 is 11.5 Å². The molecule has 0 atom stereocenters. The molecular weight excluding hydrogens is 295 g/mol. The number of carbonyl (C=O) groups is 2. The van der Waals surface area contributed by atoms with Gasteiger partial charge in [-0.05, 0) is 18.2 Å². The molecule has 0 heterocycles. The van der Waals surface area contributed by atoms with Crippen molar-refractivity contribution in [1.82, 2.24) is 5.32 Å². The van der Waals surface area contributed by atoms with Gasteiger partial charge in [0.2, 0.25) is 5.91 Å². The molecule has 0 radical (unpaired) electrons. The molecule has 1 aromatic carbocycles. The first-order chi connectivity index (χ1) is 9.20. The largest absolute Gasteiger partial charge is 0.416 e. The number of nitrogens with one attached hydrogen (secondary N) is 1. The molecule has 0 aliphatic carbocycles. The van der Waals surface area contributed by atoms with Crippen LogP contribution in [-0.2, 0) is 11.0 Å². The fraction of sp³-hybridized carbons (Fsp3) is 0.273. The molecule has 0 saturated heterocycles. The Bertz CT molecular complexity index is 520. The van der Waals surface area contributed by atoms with E-state index in [2.05, 4.69) is 0 Å². The van der Waals surface area contributed by atoms with Gasteiger partial charge in [0.1, 0.15) is 0 Å². The van der Waals surface area contributed by atoms with Crippen molar-refractivity contribution in [2.75, 3.05) is 11.5 Å².